The van der Waals surface area contributed by atoms with Gasteiger partial charge in [0.25, 0.3) is 17.3 Å². The number of para-hydroxylation sites is 2. The Morgan fingerprint density at radius 3 is 2.38 bits per heavy atom. The molecule has 5 atom stereocenters. The number of nitrogens with one attached hydrogen (secondary N) is 1. The van der Waals surface area contributed by atoms with E-state index in [9.17, 15) is 25.0 Å². The lowest BCUT2D eigenvalue weighted by Crippen LogP contribution is -2.34. The summed E-state index contributed by atoms with van der Waals surface area (Å²) in [5.74, 6) is -0.128. The molecule has 2 aliphatic heterocycles. The first kappa shape index (κ1) is 26.6. The van der Waals surface area contributed by atoms with Crippen LogP contribution >= 0.6 is 23.4 Å². The monoisotopic (exact) mass is 578 g/mol. The van der Waals surface area contributed by atoms with Crippen molar-refractivity contribution in [3.05, 3.63) is 104 Å². The molecule has 11 heteroatoms. The predicted octanol–water partition coefficient (Wildman–Crippen LogP) is 6.78. The molecule has 1 N–H and O–H groups in total. The van der Waals surface area contributed by atoms with E-state index in [1.807, 2.05) is 23.1 Å². The first-order valence-corrected chi connectivity index (χ1v) is 14.6. The summed E-state index contributed by atoms with van der Waals surface area (Å²) in [7, 11) is 0. The molecular formula is C29H27ClN4O5S. The quantitative estimate of drug-likeness (QED) is 0.194. The molecule has 0 bridgehead atoms. The van der Waals surface area contributed by atoms with Gasteiger partial charge in [0.15, 0.2) is 0 Å². The third-order valence-electron chi connectivity index (χ3n) is 8.27. The normalized spacial score (nSPS) is 25.1. The summed E-state index contributed by atoms with van der Waals surface area (Å²) in [6.07, 6.45) is 2.64. The molecule has 9 nitrogen and oxygen atoms in total. The smallest absolute Gasteiger partial charge is 0.282 e. The number of fused-ring (bicyclic) bond motifs is 3. The molecule has 40 heavy (non-hydrogen) atoms. The second kappa shape index (κ2) is 10.7. The third kappa shape index (κ3) is 4.69. The van der Waals surface area contributed by atoms with Crippen LogP contribution in [-0.2, 0) is 0 Å². The summed E-state index contributed by atoms with van der Waals surface area (Å²) in [4.78, 5) is 38.2. The number of hydrogen-bond acceptors (Lipinski definition) is 7. The molecule has 0 spiro atoms. The van der Waals surface area contributed by atoms with Gasteiger partial charge in [0.1, 0.15) is 0 Å². The highest BCUT2D eigenvalue weighted by Gasteiger charge is 2.51. The zero-order valence-corrected chi connectivity index (χ0v) is 23.0. The molecule has 3 aromatic carbocycles. The zero-order valence-electron chi connectivity index (χ0n) is 21.4. The second-order valence-electron chi connectivity index (χ2n) is 10.5. The Bertz CT molecular complexity index is 1480. The molecule has 0 radical (unpaired) electrons. The van der Waals surface area contributed by atoms with E-state index >= 15 is 0 Å². The third-order valence-corrected chi connectivity index (χ3v) is 10.4. The van der Waals surface area contributed by atoms with Gasteiger partial charge in [0, 0.05) is 42.5 Å². The zero-order chi connectivity index (χ0) is 28.0. The maximum absolute atomic E-state index is 13.6. The number of thioether (sulfide) groups is 1. The number of nitro benzene ring substituents is 2. The molecule has 6 rings (SSSR count). The number of non-ortho nitro benzene ring substituents is 1. The number of alkyl halides is 1. The summed E-state index contributed by atoms with van der Waals surface area (Å²) in [6, 6.07) is 18.7. The summed E-state index contributed by atoms with van der Waals surface area (Å²) in [5.41, 5.74) is 3.26. The van der Waals surface area contributed by atoms with Crippen molar-refractivity contribution < 1.29 is 14.6 Å². The van der Waals surface area contributed by atoms with Gasteiger partial charge in [0.2, 0.25) is 0 Å². The minimum Gasteiger partial charge on any atom is -0.377 e. The van der Waals surface area contributed by atoms with Gasteiger partial charge in [-0.3, -0.25) is 25.0 Å². The molecule has 206 valence electrons. The Morgan fingerprint density at radius 1 is 0.950 bits per heavy atom. The Labute approximate surface area is 240 Å². The lowest BCUT2D eigenvalue weighted by molar-refractivity contribution is -0.387. The fourth-order valence-electron chi connectivity index (χ4n) is 6.42. The number of benzene rings is 3. The number of carbonyl (C=O) groups excluding carboxylic acids is 1. The minimum absolute atomic E-state index is 0.00729. The molecule has 0 unspecified atom stereocenters. The van der Waals surface area contributed by atoms with Crippen molar-refractivity contribution in [1.82, 2.24) is 4.90 Å². The lowest BCUT2D eigenvalue weighted by Gasteiger charge is -2.39. The highest BCUT2D eigenvalue weighted by Crippen LogP contribution is 2.58. The molecule has 1 amide bonds. The van der Waals surface area contributed by atoms with Crippen molar-refractivity contribution >= 4 is 46.3 Å². The van der Waals surface area contributed by atoms with Crippen molar-refractivity contribution in [2.75, 3.05) is 18.4 Å². The van der Waals surface area contributed by atoms with Gasteiger partial charge in [-0.1, -0.05) is 36.4 Å². The highest BCUT2D eigenvalue weighted by atomic mass is 35.5. The molecule has 2 fully saturated rings. The fourth-order valence-corrected chi connectivity index (χ4v) is 8.36. The highest BCUT2D eigenvalue weighted by molar-refractivity contribution is 8.00. The molecule has 0 aromatic heterocycles. The number of likely N-dealkylation sites (tertiary alicyclic amines) is 1. The van der Waals surface area contributed by atoms with Crippen molar-refractivity contribution in [3.8, 4) is 0 Å². The molecule has 3 aliphatic rings. The number of hydrogen-bond donors (Lipinski definition) is 1. The number of anilines is 1. The summed E-state index contributed by atoms with van der Waals surface area (Å²) >= 11 is 8.66. The van der Waals surface area contributed by atoms with Crippen LogP contribution in [0.4, 0.5) is 17.1 Å². The molecule has 3 aromatic rings. The van der Waals surface area contributed by atoms with Gasteiger partial charge in [-0.15, -0.1) is 23.4 Å². The maximum Gasteiger partial charge on any atom is 0.282 e. The number of nitro groups is 2. The number of amides is 1. The standard InChI is InChI=1S/C29H27ClN4O5S/c30-26-24(40-23-9-2-1-8-22(23)34(38)39)16-21-25(26)19-6-5-7-20(29(35)32-14-3-4-15-32)28(19)31-27(21)17-10-12-18(13-11-17)33(36)37/h1-2,5-13,21,24-27,31H,3-4,14-16H2/t21-,24+,25+,26-,27-/m1/s1. The SMILES string of the molecule is O=C(c1cccc2c1N[C@H](c1ccc([N+](=O)[O-])cc1)[C@@H]1C[C@H](Sc3ccccc3[N+](=O)[O-])[C@@H](Cl)[C@@H]21)N1CCCC1. The van der Waals surface area contributed by atoms with Crippen molar-refractivity contribution in [2.24, 2.45) is 5.92 Å². The van der Waals surface area contributed by atoms with Crippen LogP contribution in [0.15, 0.2) is 71.6 Å². The predicted molar refractivity (Wildman–Crippen MR) is 154 cm³/mol. The van der Waals surface area contributed by atoms with E-state index in [0.717, 1.165) is 42.7 Å². The number of nitrogens with zero attached hydrogens (tertiary/aromatic N) is 3. The number of carbonyl (C=O) groups is 1. The lowest BCUT2D eigenvalue weighted by atomic mass is 9.76. The van der Waals surface area contributed by atoms with Crippen molar-refractivity contribution in [3.63, 3.8) is 0 Å². The van der Waals surface area contributed by atoms with Gasteiger partial charge in [-0.2, -0.15) is 0 Å². The van der Waals surface area contributed by atoms with Crippen LogP contribution < -0.4 is 5.32 Å². The fraction of sp³-hybridized carbons (Fsp3) is 0.345. The van der Waals surface area contributed by atoms with Crippen LogP contribution in [0.1, 0.15) is 52.7 Å². The topological polar surface area (TPSA) is 119 Å². The van der Waals surface area contributed by atoms with Crippen LogP contribution in [0.25, 0.3) is 0 Å². The largest absolute Gasteiger partial charge is 0.377 e. The van der Waals surface area contributed by atoms with Crippen LogP contribution in [0.2, 0.25) is 0 Å². The van der Waals surface area contributed by atoms with E-state index in [1.165, 1.54) is 30.0 Å². The van der Waals surface area contributed by atoms with Crippen molar-refractivity contribution in [1.29, 1.82) is 0 Å². The number of halogens is 1. The molecular weight excluding hydrogens is 552 g/mol. The summed E-state index contributed by atoms with van der Waals surface area (Å²) in [6.45, 7) is 1.46. The Morgan fingerprint density at radius 2 is 1.68 bits per heavy atom. The van der Waals surface area contributed by atoms with Crippen LogP contribution in [0.5, 0.6) is 0 Å². The van der Waals surface area contributed by atoms with E-state index in [0.29, 0.717) is 16.9 Å². The molecule has 1 saturated heterocycles. The second-order valence-corrected chi connectivity index (χ2v) is 12.3. The summed E-state index contributed by atoms with van der Waals surface area (Å²) in [5, 5.41) is 26.1. The first-order chi connectivity index (χ1) is 19.3. The van der Waals surface area contributed by atoms with Crippen LogP contribution in [0, 0.1) is 26.1 Å². The van der Waals surface area contributed by atoms with Crippen LogP contribution in [-0.4, -0.2) is 44.4 Å². The average molecular weight is 579 g/mol. The van der Waals surface area contributed by atoms with Gasteiger partial charge < -0.3 is 10.2 Å². The Hall–Kier alpha value is -3.63. The average Bonchev–Trinajstić information content (AvgIpc) is 3.61. The van der Waals surface area contributed by atoms with E-state index in [4.69, 9.17) is 11.6 Å². The van der Waals surface area contributed by atoms with Gasteiger partial charge >= 0.3 is 0 Å². The molecule has 1 aliphatic carbocycles. The molecule has 2 heterocycles. The van der Waals surface area contributed by atoms with Gasteiger partial charge in [-0.25, -0.2) is 0 Å². The number of rotatable bonds is 6. The van der Waals surface area contributed by atoms with Crippen molar-refractivity contribution in [2.45, 2.75) is 46.7 Å². The Balaban J connectivity index is 1.41. The first-order valence-electron chi connectivity index (χ1n) is 13.3. The van der Waals surface area contributed by atoms with Gasteiger partial charge in [-0.05, 0) is 48.4 Å². The molecule has 1 saturated carbocycles. The van der Waals surface area contributed by atoms with E-state index in [1.54, 1.807) is 30.3 Å². The van der Waals surface area contributed by atoms with Gasteiger partial charge in [0.05, 0.1) is 37.4 Å². The Kier molecular flexibility index (Phi) is 7.14. The van der Waals surface area contributed by atoms with E-state index in [-0.39, 0.29) is 50.7 Å². The van der Waals surface area contributed by atoms with Crippen LogP contribution in [0.3, 0.4) is 0 Å². The maximum atomic E-state index is 13.6. The summed E-state index contributed by atoms with van der Waals surface area (Å²) < 4.78 is 0. The van der Waals surface area contributed by atoms with E-state index in [2.05, 4.69) is 5.32 Å². The van der Waals surface area contributed by atoms with E-state index < -0.39 is 4.92 Å². The minimum atomic E-state index is -0.424.